The molecule has 0 saturated heterocycles. The van der Waals surface area contributed by atoms with Crippen LogP contribution in [0.4, 0.5) is 5.69 Å². The minimum atomic E-state index is -0.178. The van der Waals surface area contributed by atoms with E-state index in [0.29, 0.717) is 13.1 Å². The van der Waals surface area contributed by atoms with Gasteiger partial charge in [-0.1, -0.05) is 37.2 Å². The van der Waals surface area contributed by atoms with Crippen LogP contribution in [0.5, 0.6) is 0 Å². The van der Waals surface area contributed by atoms with Crippen LogP contribution in [0, 0.1) is 6.92 Å². The molecule has 25 heavy (non-hydrogen) atoms. The quantitative estimate of drug-likeness (QED) is 0.782. The van der Waals surface area contributed by atoms with Gasteiger partial charge in [0.25, 0.3) is 0 Å². The standard InChI is InChI=1S/C20H25N3O2/c1-14-10-15(21-25-14)12-22(4)13-16(24)11-19-20(2,3)17-8-6-7-9-18(17)23(19)5/h6-11H,12-13H2,1-5H3/b19-11+. The fourth-order valence-corrected chi connectivity index (χ4v) is 3.55. The lowest BCUT2D eigenvalue weighted by Gasteiger charge is -2.24. The largest absolute Gasteiger partial charge is 0.361 e. The number of ketones is 1. The number of aromatic nitrogens is 1. The monoisotopic (exact) mass is 339 g/mol. The normalized spacial score (nSPS) is 17.4. The van der Waals surface area contributed by atoms with Gasteiger partial charge in [0, 0.05) is 42.5 Å². The first kappa shape index (κ1) is 17.4. The van der Waals surface area contributed by atoms with Crippen LogP contribution in [0.15, 0.2) is 46.6 Å². The number of nitrogens with zero attached hydrogens (tertiary/aromatic N) is 3. The van der Waals surface area contributed by atoms with E-state index < -0.39 is 0 Å². The second kappa shape index (κ2) is 6.48. The molecule has 0 amide bonds. The second-order valence-electron chi connectivity index (χ2n) is 7.30. The van der Waals surface area contributed by atoms with Crippen LogP contribution in [0.2, 0.25) is 0 Å². The Kier molecular flexibility index (Phi) is 4.52. The Morgan fingerprint density at radius 1 is 1.36 bits per heavy atom. The van der Waals surface area contributed by atoms with Crippen molar-refractivity contribution in [2.45, 2.75) is 32.7 Å². The summed E-state index contributed by atoms with van der Waals surface area (Å²) in [5, 5.41) is 3.98. The van der Waals surface area contributed by atoms with Crippen molar-refractivity contribution in [3.8, 4) is 0 Å². The van der Waals surface area contributed by atoms with E-state index in [-0.39, 0.29) is 11.2 Å². The molecule has 5 heteroatoms. The van der Waals surface area contributed by atoms with Gasteiger partial charge in [0.15, 0.2) is 5.78 Å². The van der Waals surface area contributed by atoms with Gasteiger partial charge < -0.3 is 9.42 Å². The zero-order valence-corrected chi connectivity index (χ0v) is 15.5. The molecule has 0 saturated carbocycles. The summed E-state index contributed by atoms with van der Waals surface area (Å²) in [6.45, 7) is 7.12. The van der Waals surface area contributed by atoms with E-state index in [1.807, 2.05) is 44.1 Å². The molecule has 0 bridgehead atoms. The van der Waals surface area contributed by atoms with E-state index in [4.69, 9.17) is 4.52 Å². The van der Waals surface area contributed by atoms with Crippen molar-refractivity contribution < 1.29 is 9.32 Å². The van der Waals surface area contributed by atoms with Crippen LogP contribution >= 0.6 is 0 Å². The summed E-state index contributed by atoms with van der Waals surface area (Å²) in [7, 11) is 3.94. The number of likely N-dealkylation sites (N-methyl/N-ethyl adjacent to an activating group) is 2. The lowest BCUT2D eigenvalue weighted by atomic mass is 9.83. The summed E-state index contributed by atoms with van der Waals surface area (Å²) >= 11 is 0. The first-order chi connectivity index (χ1) is 11.8. The van der Waals surface area contributed by atoms with Crippen LogP contribution in [0.25, 0.3) is 0 Å². The minimum absolute atomic E-state index is 0.0884. The maximum atomic E-state index is 12.6. The molecule has 1 aromatic heterocycles. The van der Waals surface area contributed by atoms with Gasteiger partial charge in [-0.15, -0.1) is 0 Å². The fraction of sp³-hybridized carbons (Fsp3) is 0.400. The highest BCUT2D eigenvalue weighted by molar-refractivity contribution is 5.94. The average molecular weight is 339 g/mol. The molecule has 0 fully saturated rings. The molecule has 0 spiro atoms. The SMILES string of the molecule is Cc1cc(CN(C)CC(=O)/C=C2/N(C)c3ccccc3C2(C)C)no1. The molecular formula is C20H25N3O2. The van der Waals surface area contributed by atoms with Gasteiger partial charge in [-0.2, -0.15) is 0 Å². The number of anilines is 1. The van der Waals surface area contributed by atoms with Crippen LogP contribution in [-0.4, -0.2) is 36.5 Å². The molecule has 0 aliphatic carbocycles. The first-order valence-corrected chi connectivity index (χ1v) is 8.48. The van der Waals surface area contributed by atoms with Crippen molar-refractivity contribution in [1.29, 1.82) is 0 Å². The maximum Gasteiger partial charge on any atom is 0.171 e. The van der Waals surface area contributed by atoms with E-state index in [1.54, 1.807) is 6.08 Å². The minimum Gasteiger partial charge on any atom is -0.361 e. The fourth-order valence-electron chi connectivity index (χ4n) is 3.55. The van der Waals surface area contributed by atoms with Gasteiger partial charge in [-0.3, -0.25) is 9.69 Å². The van der Waals surface area contributed by atoms with Gasteiger partial charge in [-0.05, 0) is 25.6 Å². The lowest BCUT2D eigenvalue weighted by molar-refractivity contribution is -0.115. The Bertz CT molecular complexity index is 820. The van der Waals surface area contributed by atoms with Gasteiger partial charge in [0.2, 0.25) is 0 Å². The van der Waals surface area contributed by atoms with Crippen molar-refractivity contribution in [3.05, 3.63) is 59.1 Å². The highest BCUT2D eigenvalue weighted by atomic mass is 16.5. The Morgan fingerprint density at radius 3 is 2.72 bits per heavy atom. The predicted molar refractivity (Wildman–Crippen MR) is 98.5 cm³/mol. The lowest BCUT2D eigenvalue weighted by Crippen LogP contribution is -2.28. The predicted octanol–water partition coefficient (Wildman–Crippen LogP) is 3.30. The van der Waals surface area contributed by atoms with E-state index >= 15 is 0 Å². The number of aryl methyl sites for hydroxylation is 1. The molecular weight excluding hydrogens is 314 g/mol. The molecule has 5 nitrogen and oxygen atoms in total. The Balaban J connectivity index is 1.73. The van der Waals surface area contributed by atoms with Crippen molar-refractivity contribution >= 4 is 11.5 Å². The van der Waals surface area contributed by atoms with E-state index in [0.717, 1.165) is 22.8 Å². The van der Waals surface area contributed by atoms with Crippen LogP contribution in [0.1, 0.15) is 30.9 Å². The summed E-state index contributed by atoms with van der Waals surface area (Å²) in [5.74, 6) is 0.870. The second-order valence-corrected chi connectivity index (χ2v) is 7.30. The number of para-hydroxylation sites is 1. The molecule has 1 aromatic carbocycles. The first-order valence-electron chi connectivity index (χ1n) is 8.48. The number of hydrogen-bond acceptors (Lipinski definition) is 5. The molecule has 3 rings (SSSR count). The number of carbonyl (C=O) groups excluding carboxylic acids is 1. The van der Waals surface area contributed by atoms with Crippen LogP contribution in [-0.2, 0) is 16.8 Å². The van der Waals surface area contributed by atoms with Crippen LogP contribution < -0.4 is 4.90 Å². The molecule has 0 radical (unpaired) electrons. The third-order valence-electron chi connectivity index (χ3n) is 4.77. The molecule has 1 aliphatic heterocycles. The average Bonchev–Trinajstić information content (AvgIpc) is 3.03. The van der Waals surface area contributed by atoms with E-state index in [2.05, 4.69) is 36.0 Å². The van der Waals surface area contributed by atoms with Crippen molar-refractivity contribution in [2.24, 2.45) is 0 Å². The van der Waals surface area contributed by atoms with Crippen LogP contribution in [0.3, 0.4) is 0 Å². The molecule has 0 atom stereocenters. The zero-order valence-electron chi connectivity index (χ0n) is 15.5. The Morgan fingerprint density at radius 2 is 2.08 bits per heavy atom. The topological polar surface area (TPSA) is 49.6 Å². The molecule has 2 heterocycles. The molecule has 0 unspecified atom stereocenters. The number of carbonyl (C=O) groups is 1. The molecule has 1 aliphatic rings. The summed E-state index contributed by atoms with van der Waals surface area (Å²) in [4.78, 5) is 16.7. The van der Waals surface area contributed by atoms with Gasteiger partial charge >= 0.3 is 0 Å². The number of rotatable bonds is 5. The molecule has 2 aromatic rings. The van der Waals surface area contributed by atoms with Gasteiger partial charge in [0.1, 0.15) is 5.76 Å². The summed E-state index contributed by atoms with van der Waals surface area (Å²) in [5.41, 5.74) is 4.11. The Labute approximate surface area is 148 Å². The maximum absolute atomic E-state index is 12.6. The van der Waals surface area contributed by atoms with Gasteiger partial charge in [-0.25, -0.2) is 0 Å². The zero-order chi connectivity index (χ0) is 18.2. The third-order valence-corrected chi connectivity index (χ3v) is 4.77. The number of hydrogen-bond donors (Lipinski definition) is 0. The highest BCUT2D eigenvalue weighted by Gasteiger charge is 2.38. The number of fused-ring (bicyclic) bond motifs is 1. The summed E-state index contributed by atoms with van der Waals surface area (Å²) in [6, 6.07) is 10.2. The van der Waals surface area contributed by atoms with Crippen molar-refractivity contribution in [1.82, 2.24) is 10.1 Å². The third kappa shape index (κ3) is 3.37. The summed E-state index contributed by atoms with van der Waals surface area (Å²) in [6.07, 6.45) is 1.78. The Hall–Kier alpha value is -2.40. The van der Waals surface area contributed by atoms with Crippen molar-refractivity contribution in [2.75, 3.05) is 25.5 Å². The smallest absolute Gasteiger partial charge is 0.171 e. The number of benzene rings is 1. The molecule has 132 valence electrons. The van der Waals surface area contributed by atoms with Crippen molar-refractivity contribution in [3.63, 3.8) is 0 Å². The molecule has 0 N–H and O–H groups in total. The van der Waals surface area contributed by atoms with E-state index in [1.165, 1.54) is 5.56 Å². The summed E-state index contributed by atoms with van der Waals surface area (Å²) < 4.78 is 5.07. The van der Waals surface area contributed by atoms with Gasteiger partial charge in [0.05, 0.1) is 12.2 Å². The highest BCUT2D eigenvalue weighted by Crippen LogP contribution is 2.46. The number of allylic oxidation sites excluding steroid dienone is 1. The van der Waals surface area contributed by atoms with E-state index in [9.17, 15) is 4.79 Å².